The van der Waals surface area contributed by atoms with Gasteiger partial charge in [0.15, 0.2) is 5.65 Å². The predicted octanol–water partition coefficient (Wildman–Crippen LogP) is 4.33. The lowest BCUT2D eigenvalue weighted by atomic mass is 9.93. The summed E-state index contributed by atoms with van der Waals surface area (Å²) in [5, 5.41) is 19.4. The smallest absolute Gasteiger partial charge is 0.154 e. The van der Waals surface area contributed by atoms with Crippen LogP contribution in [-0.4, -0.2) is 31.9 Å². The van der Waals surface area contributed by atoms with Crippen molar-refractivity contribution in [2.24, 2.45) is 0 Å². The number of aliphatic hydroxyl groups is 1. The van der Waals surface area contributed by atoms with Crippen LogP contribution in [-0.2, 0) is 0 Å². The Hall–Kier alpha value is -2.44. The molecule has 3 heterocycles. The SMILES string of the molecule is O[C@@H]1CCC[C@@H](Nc2ccc3ncc(-c4cc5ccccc5s4)n3n2)C1. The largest absolute Gasteiger partial charge is 0.393 e. The van der Waals surface area contributed by atoms with Crippen molar-refractivity contribution in [2.45, 2.75) is 37.8 Å². The lowest BCUT2D eigenvalue weighted by Crippen LogP contribution is -2.30. The van der Waals surface area contributed by atoms with Crippen molar-refractivity contribution in [3.05, 3.63) is 48.7 Å². The zero-order chi connectivity index (χ0) is 17.5. The molecular formula is C20H20N4OS. The fourth-order valence-corrected chi connectivity index (χ4v) is 4.79. The van der Waals surface area contributed by atoms with Crippen molar-refractivity contribution in [1.29, 1.82) is 0 Å². The summed E-state index contributed by atoms with van der Waals surface area (Å²) in [6.07, 6.45) is 5.51. The molecule has 1 aliphatic rings. The number of aromatic nitrogens is 3. The number of rotatable bonds is 3. The molecule has 0 saturated heterocycles. The van der Waals surface area contributed by atoms with Gasteiger partial charge in [-0.25, -0.2) is 9.50 Å². The fraction of sp³-hybridized carbons (Fsp3) is 0.300. The van der Waals surface area contributed by atoms with E-state index in [1.165, 1.54) is 10.1 Å². The van der Waals surface area contributed by atoms with E-state index in [2.05, 4.69) is 40.6 Å². The van der Waals surface area contributed by atoms with E-state index in [0.29, 0.717) is 0 Å². The quantitative estimate of drug-likeness (QED) is 0.568. The summed E-state index contributed by atoms with van der Waals surface area (Å²) in [6, 6.07) is 14.8. The monoisotopic (exact) mass is 364 g/mol. The summed E-state index contributed by atoms with van der Waals surface area (Å²) in [7, 11) is 0. The van der Waals surface area contributed by atoms with Crippen LogP contribution in [0.3, 0.4) is 0 Å². The van der Waals surface area contributed by atoms with Crippen molar-refractivity contribution >= 4 is 32.9 Å². The Balaban J connectivity index is 1.50. The first-order chi connectivity index (χ1) is 12.8. The normalized spacial score (nSPS) is 20.7. The molecule has 0 bridgehead atoms. The number of thiophene rings is 1. The van der Waals surface area contributed by atoms with Crippen LogP contribution in [0.1, 0.15) is 25.7 Å². The van der Waals surface area contributed by atoms with E-state index in [0.717, 1.165) is 47.7 Å². The second-order valence-electron chi connectivity index (χ2n) is 6.94. The van der Waals surface area contributed by atoms with Gasteiger partial charge in [0.2, 0.25) is 0 Å². The van der Waals surface area contributed by atoms with E-state index in [4.69, 9.17) is 5.10 Å². The second kappa shape index (κ2) is 6.37. The van der Waals surface area contributed by atoms with Gasteiger partial charge < -0.3 is 10.4 Å². The van der Waals surface area contributed by atoms with Crippen molar-refractivity contribution in [3.63, 3.8) is 0 Å². The van der Waals surface area contributed by atoms with Crippen LogP contribution in [0, 0.1) is 0 Å². The van der Waals surface area contributed by atoms with Crippen molar-refractivity contribution in [3.8, 4) is 10.6 Å². The molecule has 6 heteroatoms. The standard InChI is InChI=1S/C20H20N4OS/c25-15-6-3-5-14(11-15)22-19-8-9-20-21-12-16(24(20)23-19)18-10-13-4-1-2-7-17(13)26-18/h1-2,4,7-10,12,14-15,25H,3,5-6,11H2,(H,22,23)/t14-,15-/m1/s1. The van der Waals surface area contributed by atoms with Gasteiger partial charge in [-0.2, -0.15) is 0 Å². The molecule has 3 aromatic heterocycles. The summed E-state index contributed by atoms with van der Waals surface area (Å²) in [5.74, 6) is 0.831. The van der Waals surface area contributed by atoms with E-state index in [1.807, 2.05) is 22.8 Å². The molecule has 2 N–H and O–H groups in total. The molecule has 1 fully saturated rings. The Morgan fingerprint density at radius 3 is 2.96 bits per heavy atom. The Bertz CT molecular complexity index is 1040. The zero-order valence-electron chi connectivity index (χ0n) is 14.3. The second-order valence-corrected chi connectivity index (χ2v) is 8.03. The molecule has 0 aliphatic heterocycles. The third kappa shape index (κ3) is 2.85. The molecule has 0 amide bonds. The highest BCUT2D eigenvalue weighted by molar-refractivity contribution is 7.22. The van der Waals surface area contributed by atoms with E-state index in [-0.39, 0.29) is 12.1 Å². The highest BCUT2D eigenvalue weighted by Gasteiger charge is 2.20. The molecule has 0 radical (unpaired) electrons. The average molecular weight is 364 g/mol. The molecule has 2 atom stereocenters. The number of benzene rings is 1. The van der Waals surface area contributed by atoms with E-state index < -0.39 is 0 Å². The Morgan fingerprint density at radius 1 is 1.15 bits per heavy atom. The number of fused-ring (bicyclic) bond motifs is 2. The van der Waals surface area contributed by atoms with Gasteiger partial charge in [-0.3, -0.25) is 0 Å². The van der Waals surface area contributed by atoms with Gasteiger partial charge in [-0.15, -0.1) is 16.4 Å². The number of anilines is 1. The van der Waals surface area contributed by atoms with Gasteiger partial charge in [0.05, 0.1) is 17.2 Å². The molecule has 26 heavy (non-hydrogen) atoms. The maximum Gasteiger partial charge on any atom is 0.154 e. The fourth-order valence-electron chi connectivity index (χ4n) is 3.73. The molecule has 1 aromatic carbocycles. The number of nitrogens with zero attached hydrogens (tertiary/aromatic N) is 3. The number of nitrogens with one attached hydrogen (secondary N) is 1. The minimum Gasteiger partial charge on any atom is -0.393 e. The van der Waals surface area contributed by atoms with E-state index in [9.17, 15) is 5.11 Å². The van der Waals surface area contributed by atoms with Gasteiger partial charge >= 0.3 is 0 Å². The third-order valence-corrected chi connectivity index (χ3v) is 6.18. The molecular weight excluding hydrogens is 344 g/mol. The number of hydrogen-bond acceptors (Lipinski definition) is 5. The van der Waals surface area contributed by atoms with Crippen molar-refractivity contribution in [1.82, 2.24) is 14.6 Å². The van der Waals surface area contributed by atoms with Crippen LogP contribution in [0.4, 0.5) is 5.82 Å². The number of imidazole rings is 1. The van der Waals surface area contributed by atoms with Crippen LogP contribution in [0.2, 0.25) is 0 Å². The maximum absolute atomic E-state index is 9.88. The highest BCUT2D eigenvalue weighted by Crippen LogP contribution is 2.33. The van der Waals surface area contributed by atoms with Crippen LogP contribution in [0.15, 0.2) is 48.7 Å². The van der Waals surface area contributed by atoms with Gasteiger partial charge in [-0.05, 0) is 55.3 Å². The summed E-state index contributed by atoms with van der Waals surface area (Å²) < 4.78 is 3.18. The number of aliphatic hydroxyl groups excluding tert-OH is 1. The Kier molecular flexibility index (Phi) is 3.87. The summed E-state index contributed by atoms with van der Waals surface area (Å²) >= 11 is 1.76. The van der Waals surface area contributed by atoms with Gasteiger partial charge in [0, 0.05) is 10.7 Å². The minimum absolute atomic E-state index is 0.202. The molecule has 0 unspecified atom stereocenters. The molecule has 4 aromatic rings. The van der Waals surface area contributed by atoms with Crippen molar-refractivity contribution in [2.75, 3.05) is 5.32 Å². The number of hydrogen-bond donors (Lipinski definition) is 2. The molecule has 1 aliphatic carbocycles. The summed E-state index contributed by atoms with van der Waals surface area (Å²) in [4.78, 5) is 5.67. The van der Waals surface area contributed by atoms with Gasteiger partial charge in [0.25, 0.3) is 0 Å². The van der Waals surface area contributed by atoms with Crippen LogP contribution >= 0.6 is 11.3 Å². The Morgan fingerprint density at radius 2 is 2.08 bits per heavy atom. The van der Waals surface area contributed by atoms with E-state index >= 15 is 0 Å². The van der Waals surface area contributed by atoms with Crippen LogP contribution in [0.5, 0.6) is 0 Å². The lowest BCUT2D eigenvalue weighted by molar-refractivity contribution is 0.124. The Labute approximate surface area is 155 Å². The molecule has 1 saturated carbocycles. The average Bonchev–Trinajstić information content (AvgIpc) is 3.25. The molecule has 0 spiro atoms. The molecule has 5 rings (SSSR count). The highest BCUT2D eigenvalue weighted by atomic mass is 32.1. The first-order valence-electron chi connectivity index (χ1n) is 9.04. The topological polar surface area (TPSA) is 62.5 Å². The first kappa shape index (κ1) is 15.8. The lowest BCUT2D eigenvalue weighted by Gasteiger charge is -2.26. The summed E-state index contributed by atoms with van der Waals surface area (Å²) in [6.45, 7) is 0. The maximum atomic E-state index is 9.88. The summed E-state index contributed by atoms with van der Waals surface area (Å²) in [5.41, 5.74) is 1.85. The predicted molar refractivity (Wildman–Crippen MR) is 106 cm³/mol. The minimum atomic E-state index is -0.202. The zero-order valence-corrected chi connectivity index (χ0v) is 15.1. The van der Waals surface area contributed by atoms with Crippen LogP contribution in [0.25, 0.3) is 26.3 Å². The van der Waals surface area contributed by atoms with E-state index in [1.54, 1.807) is 11.3 Å². The van der Waals surface area contributed by atoms with Gasteiger partial charge in [0.1, 0.15) is 11.5 Å². The third-order valence-electron chi connectivity index (χ3n) is 5.04. The molecule has 5 nitrogen and oxygen atoms in total. The van der Waals surface area contributed by atoms with Crippen LogP contribution < -0.4 is 5.32 Å². The molecule has 132 valence electrons. The van der Waals surface area contributed by atoms with Crippen molar-refractivity contribution < 1.29 is 5.11 Å². The first-order valence-corrected chi connectivity index (χ1v) is 9.86. The van der Waals surface area contributed by atoms with Gasteiger partial charge in [-0.1, -0.05) is 18.2 Å².